The number of rotatable bonds is 0. The lowest BCUT2D eigenvalue weighted by atomic mass is 9.52. The second-order valence-electron chi connectivity index (χ2n) is 4.64. The van der Waals surface area contributed by atoms with Crippen LogP contribution in [0.15, 0.2) is 12.3 Å². The molecule has 66 valence electrons. The van der Waals surface area contributed by atoms with Crippen LogP contribution in [0.25, 0.3) is 0 Å². The standard InChI is InChI=1S/C10H14IN/c1-9(2)7-5-6-12(11)8(7)10(9,3)4/h5-6H,1-4H3. The van der Waals surface area contributed by atoms with Crippen molar-refractivity contribution in [1.82, 2.24) is 2.78 Å². The Bertz CT molecular complexity index is 334. The van der Waals surface area contributed by atoms with Gasteiger partial charge in [0.15, 0.2) is 0 Å². The summed E-state index contributed by atoms with van der Waals surface area (Å²) in [5, 5.41) is 0. The Kier molecular flexibility index (Phi) is 1.49. The summed E-state index contributed by atoms with van der Waals surface area (Å²) in [6.45, 7) is 9.30. The highest BCUT2D eigenvalue weighted by atomic mass is 127. The minimum Gasteiger partial charge on any atom is -0.293 e. The molecule has 0 saturated carbocycles. The second kappa shape index (κ2) is 2.08. The van der Waals surface area contributed by atoms with Gasteiger partial charge in [0.05, 0.1) is 22.9 Å². The maximum Gasteiger partial charge on any atom is 0.0637 e. The molecule has 1 aromatic heterocycles. The van der Waals surface area contributed by atoms with Crippen LogP contribution in [0.5, 0.6) is 0 Å². The van der Waals surface area contributed by atoms with E-state index in [1.165, 1.54) is 11.3 Å². The fourth-order valence-electron chi connectivity index (χ4n) is 2.09. The van der Waals surface area contributed by atoms with E-state index in [-0.39, 0.29) is 0 Å². The summed E-state index contributed by atoms with van der Waals surface area (Å²) in [6, 6.07) is 2.24. The lowest BCUT2D eigenvalue weighted by molar-refractivity contribution is 0.235. The summed E-state index contributed by atoms with van der Waals surface area (Å²) in [7, 11) is 0. The second-order valence-corrected chi connectivity index (χ2v) is 5.68. The normalized spacial score (nSPS) is 23.1. The number of fused-ring (bicyclic) bond motifs is 1. The van der Waals surface area contributed by atoms with Crippen LogP contribution in [0, 0.1) is 0 Å². The van der Waals surface area contributed by atoms with Gasteiger partial charge in [-0.2, -0.15) is 0 Å². The molecule has 0 fully saturated rings. The summed E-state index contributed by atoms with van der Waals surface area (Å²) in [5.41, 5.74) is 3.68. The van der Waals surface area contributed by atoms with Gasteiger partial charge in [-0.1, -0.05) is 27.7 Å². The summed E-state index contributed by atoms with van der Waals surface area (Å²) in [6.07, 6.45) is 2.15. The van der Waals surface area contributed by atoms with E-state index in [9.17, 15) is 0 Å². The van der Waals surface area contributed by atoms with Crippen molar-refractivity contribution in [1.29, 1.82) is 0 Å². The van der Waals surface area contributed by atoms with Gasteiger partial charge in [-0.15, -0.1) is 0 Å². The van der Waals surface area contributed by atoms with Crippen LogP contribution in [0.1, 0.15) is 39.0 Å². The molecule has 0 spiro atoms. The van der Waals surface area contributed by atoms with Crippen molar-refractivity contribution in [2.45, 2.75) is 38.5 Å². The molecule has 0 amide bonds. The van der Waals surface area contributed by atoms with Crippen LogP contribution in [-0.2, 0) is 10.8 Å². The van der Waals surface area contributed by atoms with Crippen molar-refractivity contribution >= 4 is 22.9 Å². The summed E-state index contributed by atoms with van der Waals surface area (Å²) >= 11 is 2.35. The highest BCUT2D eigenvalue weighted by Crippen LogP contribution is 2.56. The third-order valence-corrected chi connectivity index (χ3v) is 4.47. The molecule has 0 unspecified atom stereocenters. The largest absolute Gasteiger partial charge is 0.293 e. The maximum atomic E-state index is 2.35. The Morgan fingerprint density at radius 3 is 2.25 bits per heavy atom. The summed E-state index contributed by atoms with van der Waals surface area (Å²) in [5.74, 6) is 0. The fraction of sp³-hybridized carbons (Fsp3) is 0.600. The Labute approximate surface area is 87.7 Å². The molecule has 0 N–H and O–H groups in total. The first-order valence-electron chi connectivity index (χ1n) is 4.27. The predicted molar refractivity (Wildman–Crippen MR) is 59.9 cm³/mol. The van der Waals surface area contributed by atoms with Gasteiger partial charge in [0.2, 0.25) is 0 Å². The first-order valence-corrected chi connectivity index (χ1v) is 5.24. The van der Waals surface area contributed by atoms with Gasteiger partial charge in [0.1, 0.15) is 0 Å². The monoisotopic (exact) mass is 275 g/mol. The quantitative estimate of drug-likeness (QED) is 0.640. The van der Waals surface area contributed by atoms with Gasteiger partial charge in [0.25, 0.3) is 0 Å². The number of hydrogen-bond donors (Lipinski definition) is 0. The molecule has 2 heteroatoms. The molecule has 1 aromatic rings. The van der Waals surface area contributed by atoms with Gasteiger partial charge >= 0.3 is 0 Å². The molecule has 0 aliphatic heterocycles. The molecule has 0 saturated heterocycles. The van der Waals surface area contributed by atoms with Crippen molar-refractivity contribution in [2.24, 2.45) is 0 Å². The van der Waals surface area contributed by atoms with Crippen LogP contribution >= 0.6 is 22.9 Å². The zero-order chi connectivity index (χ0) is 9.15. The van der Waals surface area contributed by atoms with E-state index in [1.807, 2.05) is 0 Å². The van der Waals surface area contributed by atoms with Gasteiger partial charge in [-0.3, -0.25) is 2.78 Å². The van der Waals surface area contributed by atoms with Crippen LogP contribution in [0.4, 0.5) is 0 Å². The van der Waals surface area contributed by atoms with Crippen LogP contribution in [0.2, 0.25) is 0 Å². The van der Waals surface area contributed by atoms with E-state index in [1.54, 1.807) is 0 Å². The van der Waals surface area contributed by atoms with Crippen molar-refractivity contribution in [3.63, 3.8) is 0 Å². The average Bonchev–Trinajstić information content (AvgIpc) is 2.30. The fourth-order valence-corrected chi connectivity index (χ4v) is 3.11. The van der Waals surface area contributed by atoms with E-state index in [0.29, 0.717) is 10.8 Å². The van der Waals surface area contributed by atoms with E-state index < -0.39 is 0 Å². The number of aromatic nitrogens is 1. The van der Waals surface area contributed by atoms with Gasteiger partial charge in [-0.05, 0) is 11.6 Å². The first-order chi connectivity index (χ1) is 5.39. The van der Waals surface area contributed by atoms with Gasteiger partial charge in [-0.25, -0.2) is 0 Å². The summed E-state index contributed by atoms with van der Waals surface area (Å²) in [4.78, 5) is 0. The number of hydrogen-bond acceptors (Lipinski definition) is 0. The third kappa shape index (κ3) is 0.703. The predicted octanol–water partition coefficient (Wildman–Crippen LogP) is 3.26. The van der Waals surface area contributed by atoms with E-state index in [4.69, 9.17) is 0 Å². The summed E-state index contributed by atoms with van der Waals surface area (Å²) < 4.78 is 2.22. The van der Waals surface area contributed by atoms with E-state index >= 15 is 0 Å². The minimum absolute atomic E-state index is 0.326. The molecule has 1 heterocycles. The zero-order valence-corrected chi connectivity index (χ0v) is 10.1. The van der Waals surface area contributed by atoms with Crippen LogP contribution in [0.3, 0.4) is 0 Å². The minimum atomic E-state index is 0.326. The van der Waals surface area contributed by atoms with Crippen LogP contribution < -0.4 is 0 Å². The van der Waals surface area contributed by atoms with Crippen molar-refractivity contribution in [3.05, 3.63) is 23.5 Å². The topological polar surface area (TPSA) is 4.93 Å². The Morgan fingerprint density at radius 2 is 1.75 bits per heavy atom. The smallest absolute Gasteiger partial charge is 0.0637 e. The molecule has 0 radical (unpaired) electrons. The molecule has 1 nitrogen and oxygen atoms in total. The van der Waals surface area contributed by atoms with Crippen LogP contribution in [-0.4, -0.2) is 2.78 Å². The molecule has 0 bridgehead atoms. The first kappa shape index (κ1) is 8.60. The van der Waals surface area contributed by atoms with Gasteiger partial charge in [0, 0.05) is 22.7 Å². The lowest BCUT2D eigenvalue weighted by Gasteiger charge is -2.52. The Balaban J connectivity index is 2.67. The molecular weight excluding hydrogens is 261 g/mol. The molecule has 1 aliphatic carbocycles. The van der Waals surface area contributed by atoms with Crippen molar-refractivity contribution in [3.8, 4) is 0 Å². The molecule has 2 rings (SSSR count). The van der Waals surface area contributed by atoms with E-state index in [2.05, 4.69) is 65.6 Å². The van der Waals surface area contributed by atoms with Crippen molar-refractivity contribution < 1.29 is 0 Å². The number of nitrogens with zero attached hydrogens (tertiary/aromatic N) is 1. The maximum absolute atomic E-state index is 2.35. The highest BCUT2D eigenvalue weighted by Gasteiger charge is 2.53. The average molecular weight is 275 g/mol. The van der Waals surface area contributed by atoms with Crippen molar-refractivity contribution in [2.75, 3.05) is 0 Å². The van der Waals surface area contributed by atoms with Gasteiger partial charge < -0.3 is 0 Å². The third-order valence-electron chi connectivity index (χ3n) is 3.67. The highest BCUT2D eigenvalue weighted by molar-refractivity contribution is 14.1. The molecule has 1 aliphatic rings. The number of halogens is 1. The lowest BCUT2D eigenvalue weighted by Crippen LogP contribution is -2.51. The molecular formula is C10H14IN. The SMILES string of the molecule is CC1(C)c2ccn(I)c2C1(C)C. The molecule has 0 aromatic carbocycles. The Morgan fingerprint density at radius 1 is 1.17 bits per heavy atom. The Hall–Kier alpha value is 0.01000. The zero-order valence-electron chi connectivity index (χ0n) is 7.98. The molecule has 0 atom stereocenters. The molecule has 12 heavy (non-hydrogen) atoms. The van der Waals surface area contributed by atoms with E-state index in [0.717, 1.165) is 0 Å².